The SMILES string of the molecule is Cc1nn(C)c(C)c1CCC(=O)Nc1cc(Cl)ccc1-n1cccn1. The lowest BCUT2D eigenvalue weighted by Gasteiger charge is -2.12. The Morgan fingerprint density at radius 1 is 1.32 bits per heavy atom. The molecule has 3 rings (SSSR count). The summed E-state index contributed by atoms with van der Waals surface area (Å²) < 4.78 is 3.54. The van der Waals surface area contributed by atoms with Gasteiger partial charge in [-0.2, -0.15) is 10.2 Å². The van der Waals surface area contributed by atoms with Crippen LogP contribution < -0.4 is 5.32 Å². The second-order valence-electron chi connectivity index (χ2n) is 5.93. The number of carbonyl (C=O) groups is 1. The number of amides is 1. The zero-order valence-corrected chi connectivity index (χ0v) is 15.2. The molecule has 1 aromatic carbocycles. The molecule has 0 saturated carbocycles. The maximum atomic E-state index is 12.4. The van der Waals surface area contributed by atoms with Crippen LogP contribution in [-0.2, 0) is 18.3 Å². The fraction of sp³-hybridized carbons (Fsp3) is 0.278. The normalized spacial score (nSPS) is 10.9. The lowest BCUT2D eigenvalue weighted by atomic mass is 10.1. The Kier molecular flexibility index (Phi) is 4.90. The number of aryl methyl sites for hydroxylation is 2. The third-order valence-electron chi connectivity index (χ3n) is 4.24. The molecule has 0 spiro atoms. The van der Waals surface area contributed by atoms with Crippen LogP contribution in [0.25, 0.3) is 5.69 Å². The third kappa shape index (κ3) is 3.74. The molecule has 0 fully saturated rings. The van der Waals surface area contributed by atoms with Gasteiger partial charge in [0.05, 0.1) is 17.1 Å². The van der Waals surface area contributed by atoms with Crippen molar-refractivity contribution in [1.29, 1.82) is 0 Å². The number of aromatic nitrogens is 4. The molecule has 2 heterocycles. The Morgan fingerprint density at radius 2 is 2.12 bits per heavy atom. The summed E-state index contributed by atoms with van der Waals surface area (Å²) in [6, 6.07) is 7.17. The van der Waals surface area contributed by atoms with Crippen LogP contribution in [-0.4, -0.2) is 25.5 Å². The van der Waals surface area contributed by atoms with E-state index in [1.54, 1.807) is 23.0 Å². The number of anilines is 1. The van der Waals surface area contributed by atoms with Gasteiger partial charge in [-0.15, -0.1) is 0 Å². The first-order chi connectivity index (χ1) is 12.0. The Hall–Kier alpha value is -2.60. The number of hydrogen-bond donors (Lipinski definition) is 1. The molecular formula is C18H20ClN5O. The van der Waals surface area contributed by atoms with Crippen LogP contribution >= 0.6 is 11.6 Å². The number of carbonyl (C=O) groups excluding carboxylic acids is 1. The number of nitrogens with one attached hydrogen (secondary N) is 1. The number of benzene rings is 1. The molecule has 1 N–H and O–H groups in total. The molecule has 0 unspecified atom stereocenters. The largest absolute Gasteiger partial charge is 0.324 e. The van der Waals surface area contributed by atoms with Crippen LogP contribution in [0.1, 0.15) is 23.4 Å². The van der Waals surface area contributed by atoms with Gasteiger partial charge in [-0.3, -0.25) is 9.48 Å². The summed E-state index contributed by atoms with van der Waals surface area (Å²) in [7, 11) is 1.91. The van der Waals surface area contributed by atoms with Gasteiger partial charge in [0.15, 0.2) is 0 Å². The van der Waals surface area contributed by atoms with Crippen molar-refractivity contribution in [2.24, 2.45) is 7.05 Å². The summed E-state index contributed by atoms with van der Waals surface area (Å²) in [4.78, 5) is 12.4. The number of halogens is 1. The van der Waals surface area contributed by atoms with E-state index in [9.17, 15) is 4.79 Å². The van der Waals surface area contributed by atoms with E-state index in [-0.39, 0.29) is 5.91 Å². The Balaban J connectivity index is 1.74. The minimum Gasteiger partial charge on any atom is -0.324 e. The molecule has 2 aromatic heterocycles. The topological polar surface area (TPSA) is 64.7 Å². The fourth-order valence-electron chi connectivity index (χ4n) is 2.85. The highest BCUT2D eigenvalue weighted by molar-refractivity contribution is 6.31. The van der Waals surface area contributed by atoms with Crippen LogP contribution in [0.4, 0.5) is 5.69 Å². The number of rotatable bonds is 5. The second-order valence-corrected chi connectivity index (χ2v) is 6.37. The average molecular weight is 358 g/mol. The van der Waals surface area contributed by atoms with Crippen LogP contribution in [0, 0.1) is 13.8 Å². The fourth-order valence-corrected chi connectivity index (χ4v) is 3.02. The Bertz CT molecular complexity index is 899. The molecule has 0 radical (unpaired) electrons. The third-order valence-corrected chi connectivity index (χ3v) is 4.48. The van der Waals surface area contributed by atoms with Crippen molar-refractivity contribution < 1.29 is 4.79 Å². The van der Waals surface area contributed by atoms with E-state index in [1.807, 2.05) is 43.9 Å². The molecule has 7 heteroatoms. The summed E-state index contributed by atoms with van der Waals surface area (Å²) >= 11 is 6.09. The average Bonchev–Trinajstić information content (AvgIpc) is 3.16. The van der Waals surface area contributed by atoms with Gasteiger partial charge in [-0.25, -0.2) is 4.68 Å². The van der Waals surface area contributed by atoms with Gasteiger partial charge in [-0.05, 0) is 50.1 Å². The summed E-state index contributed by atoms with van der Waals surface area (Å²) in [5, 5.41) is 12.1. The van der Waals surface area contributed by atoms with Gasteiger partial charge in [0.2, 0.25) is 5.91 Å². The molecule has 0 saturated heterocycles. The molecule has 3 aromatic rings. The van der Waals surface area contributed by atoms with Crippen molar-refractivity contribution >= 4 is 23.2 Å². The van der Waals surface area contributed by atoms with E-state index < -0.39 is 0 Å². The predicted molar refractivity (Wildman–Crippen MR) is 98.2 cm³/mol. The van der Waals surface area contributed by atoms with Crippen molar-refractivity contribution in [1.82, 2.24) is 19.6 Å². The number of hydrogen-bond acceptors (Lipinski definition) is 3. The quantitative estimate of drug-likeness (QED) is 0.760. The smallest absolute Gasteiger partial charge is 0.224 e. The van der Waals surface area contributed by atoms with Gasteiger partial charge in [0.1, 0.15) is 0 Å². The molecule has 0 aliphatic heterocycles. The summed E-state index contributed by atoms with van der Waals surface area (Å²) in [6.07, 6.45) is 4.53. The Morgan fingerprint density at radius 3 is 2.76 bits per heavy atom. The van der Waals surface area contributed by atoms with Gasteiger partial charge >= 0.3 is 0 Å². The molecule has 0 atom stereocenters. The lowest BCUT2D eigenvalue weighted by molar-refractivity contribution is -0.116. The van der Waals surface area contributed by atoms with Crippen molar-refractivity contribution in [3.8, 4) is 5.69 Å². The predicted octanol–water partition coefficient (Wildman–Crippen LogP) is 3.45. The summed E-state index contributed by atoms with van der Waals surface area (Å²) in [6.45, 7) is 3.98. The second kappa shape index (κ2) is 7.11. The highest BCUT2D eigenvalue weighted by Gasteiger charge is 2.13. The van der Waals surface area contributed by atoms with Gasteiger partial charge < -0.3 is 5.32 Å². The van der Waals surface area contributed by atoms with Crippen LogP contribution in [0.3, 0.4) is 0 Å². The van der Waals surface area contributed by atoms with E-state index in [4.69, 9.17) is 11.6 Å². The minimum absolute atomic E-state index is 0.0710. The first-order valence-corrected chi connectivity index (χ1v) is 8.42. The van der Waals surface area contributed by atoms with Crippen molar-refractivity contribution in [3.05, 3.63) is 58.6 Å². The van der Waals surface area contributed by atoms with Gasteiger partial charge in [0.25, 0.3) is 0 Å². The number of nitrogens with zero attached hydrogens (tertiary/aromatic N) is 4. The maximum Gasteiger partial charge on any atom is 0.224 e. The zero-order valence-electron chi connectivity index (χ0n) is 14.5. The standard InChI is InChI=1S/C18H20ClN5O/c1-12-15(13(2)23(3)22-12)6-8-18(25)21-16-11-14(19)5-7-17(16)24-10-4-9-20-24/h4-5,7,9-11H,6,8H2,1-3H3,(H,21,25). The molecule has 130 valence electrons. The van der Waals surface area contributed by atoms with Crippen LogP contribution in [0.2, 0.25) is 5.02 Å². The van der Waals surface area contributed by atoms with E-state index >= 15 is 0 Å². The Labute approximate surface area is 151 Å². The van der Waals surface area contributed by atoms with E-state index in [0.717, 1.165) is 22.6 Å². The monoisotopic (exact) mass is 357 g/mol. The first kappa shape index (κ1) is 17.2. The van der Waals surface area contributed by atoms with Crippen molar-refractivity contribution in [2.45, 2.75) is 26.7 Å². The molecule has 0 bridgehead atoms. The summed E-state index contributed by atoms with van der Waals surface area (Å²) in [5.74, 6) is -0.0710. The van der Waals surface area contributed by atoms with Crippen molar-refractivity contribution in [3.63, 3.8) is 0 Å². The van der Waals surface area contributed by atoms with Gasteiger partial charge in [-0.1, -0.05) is 11.6 Å². The molecule has 25 heavy (non-hydrogen) atoms. The van der Waals surface area contributed by atoms with Crippen LogP contribution in [0.15, 0.2) is 36.7 Å². The van der Waals surface area contributed by atoms with Crippen molar-refractivity contribution in [2.75, 3.05) is 5.32 Å². The maximum absolute atomic E-state index is 12.4. The molecule has 6 nitrogen and oxygen atoms in total. The highest BCUT2D eigenvalue weighted by atomic mass is 35.5. The van der Waals surface area contributed by atoms with E-state index in [0.29, 0.717) is 23.6 Å². The zero-order chi connectivity index (χ0) is 18.0. The van der Waals surface area contributed by atoms with E-state index in [1.165, 1.54) is 0 Å². The highest BCUT2D eigenvalue weighted by Crippen LogP contribution is 2.24. The molecule has 0 aliphatic carbocycles. The molecule has 1 amide bonds. The first-order valence-electron chi connectivity index (χ1n) is 8.04. The van der Waals surface area contributed by atoms with E-state index in [2.05, 4.69) is 15.5 Å². The molecular weight excluding hydrogens is 338 g/mol. The lowest BCUT2D eigenvalue weighted by Crippen LogP contribution is -2.14. The molecule has 0 aliphatic rings. The van der Waals surface area contributed by atoms with Gasteiger partial charge in [0, 0.05) is 36.6 Å². The van der Waals surface area contributed by atoms with Crippen LogP contribution in [0.5, 0.6) is 0 Å². The minimum atomic E-state index is -0.0710. The summed E-state index contributed by atoms with van der Waals surface area (Å²) in [5.41, 5.74) is 4.59.